The molecule has 0 spiro atoms. The van der Waals surface area contributed by atoms with Gasteiger partial charge in [0.2, 0.25) is 5.82 Å². The quantitative estimate of drug-likeness (QED) is 0.203. The van der Waals surface area contributed by atoms with Crippen LogP contribution in [0.2, 0.25) is 0 Å². The average Bonchev–Trinajstić information content (AvgIpc) is 2.84. The lowest BCUT2D eigenvalue weighted by Crippen LogP contribution is -2.50. The number of benzene rings is 2. The van der Waals surface area contributed by atoms with Crippen molar-refractivity contribution in [1.29, 1.82) is 5.41 Å². The standard InChI is InChI=1S/C25H28N8O3.2ClH/c1-13-6-8-16-15(10-13)22(31-17-4-2-3-5-18(17)32-25(26)27)33-23(30-16)24(35)28-14-7-9-20-19(11-14)29-21(34)12-36-20;;/h6-11,17-18H,2-5,12H2,1H3,(H,28,35)(H,29,34)(H4,26,27,32)(H,30,31,33);2*1H/t17-,18+;;/m0../s1. The summed E-state index contributed by atoms with van der Waals surface area (Å²) in [5, 5.41) is 20.6. The van der Waals surface area contributed by atoms with Gasteiger partial charge in [0.25, 0.3) is 11.8 Å². The van der Waals surface area contributed by atoms with Gasteiger partial charge in [0.05, 0.1) is 11.2 Å². The molecule has 1 aromatic heterocycles. The molecule has 1 aliphatic heterocycles. The summed E-state index contributed by atoms with van der Waals surface area (Å²) in [4.78, 5) is 33.9. The van der Waals surface area contributed by atoms with E-state index < -0.39 is 5.91 Å². The molecule has 2 aliphatic rings. The fraction of sp³-hybridized carbons (Fsp3) is 0.320. The second-order valence-corrected chi connectivity index (χ2v) is 9.12. The number of anilines is 3. The molecule has 0 bridgehead atoms. The van der Waals surface area contributed by atoms with Gasteiger partial charge in [-0.1, -0.05) is 24.5 Å². The number of fused-ring (bicyclic) bond motifs is 2. The Kier molecular flexibility index (Phi) is 9.18. The number of nitrogens with two attached hydrogens (primary N) is 1. The Labute approximate surface area is 232 Å². The number of halogens is 2. The highest BCUT2D eigenvalue weighted by atomic mass is 35.5. The molecule has 2 heterocycles. The van der Waals surface area contributed by atoms with Crippen molar-refractivity contribution in [2.45, 2.75) is 44.7 Å². The largest absolute Gasteiger partial charge is 0.482 e. The minimum Gasteiger partial charge on any atom is -0.482 e. The van der Waals surface area contributed by atoms with Crippen LogP contribution in [0.15, 0.2) is 36.4 Å². The molecule has 38 heavy (non-hydrogen) atoms. The highest BCUT2D eigenvalue weighted by Gasteiger charge is 2.27. The number of carbonyl (C=O) groups excluding carboxylic acids is 2. The van der Waals surface area contributed by atoms with Crippen LogP contribution in [0.5, 0.6) is 5.75 Å². The SMILES string of the molecule is Cc1ccc2nc(C(=O)Nc3ccc4c(c3)NC(=O)CO4)nc(N[C@H]3CCCC[C@H]3NC(=N)N)c2c1.Cl.Cl. The lowest BCUT2D eigenvalue weighted by atomic mass is 9.90. The zero-order chi connectivity index (χ0) is 25.2. The van der Waals surface area contributed by atoms with Gasteiger partial charge in [-0.05, 0) is 50.1 Å². The van der Waals surface area contributed by atoms with Crippen molar-refractivity contribution in [2.75, 3.05) is 22.6 Å². The summed E-state index contributed by atoms with van der Waals surface area (Å²) in [6.07, 6.45) is 3.85. The summed E-state index contributed by atoms with van der Waals surface area (Å²) in [7, 11) is 0. The molecule has 2 atom stereocenters. The molecule has 1 fully saturated rings. The number of guanidine groups is 1. The number of hydrogen-bond donors (Lipinski definition) is 6. The first-order chi connectivity index (χ1) is 17.4. The van der Waals surface area contributed by atoms with E-state index in [0.29, 0.717) is 28.5 Å². The van der Waals surface area contributed by atoms with Crippen LogP contribution in [0.25, 0.3) is 10.9 Å². The predicted molar refractivity (Wildman–Crippen MR) is 152 cm³/mol. The molecule has 1 saturated carbocycles. The number of aryl methyl sites for hydroxylation is 1. The maximum absolute atomic E-state index is 13.2. The molecule has 3 aromatic rings. The van der Waals surface area contributed by atoms with Crippen molar-refractivity contribution in [3.63, 3.8) is 0 Å². The zero-order valence-electron chi connectivity index (χ0n) is 20.7. The third kappa shape index (κ3) is 6.35. The molecule has 5 rings (SSSR count). The van der Waals surface area contributed by atoms with Crippen LogP contribution < -0.4 is 31.7 Å². The van der Waals surface area contributed by atoms with Crippen LogP contribution in [-0.4, -0.2) is 46.4 Å². The Morgan fingerprint density at radius 2 is 1.87 bits per heavy atom. The van der Waals surface area contributed by atoms with E-state index in [1.807, 2.05) is 25.1 Å². The number of rotatable bonds is 5. The molecule has 202 valence electrons. The molecule has 2 aromatic carbocycles. The van der Waals surface area contributed by atoms with E-state index in [1.165, 1.54) is 0 Å². The first-order valence-corrected chi connectivity index (χ1v) is 11.9. The molecule has 7 N–H and O–H groups in total. The minimum absolute atomic E-state index is 0. The van der Waals surface area contributed by atoms with Gasteiger partial charge in [-0.2, -0.15) is 0 Å². The zero-order valence-corrected chi connectivity index (χ0v) is 22.3. The molecule has 0 radical (unpaired) electrons. The van der Waals surface area contributed by atoms with Crippen molar-refractivity contribution in [3.8, 4) is 5.75 Å². The second kappa shape index (κ2) is 12.1. The van der Waals surface area contributed by atoms with Gasteiger partial charge in [0, 0.05) is 23.2 Å². The van der Waals surface area contributed by atoms with Crippen LogP contribution in [0.4, 0.5) is 17.2 Å². The monoisotopic (exact) mass is 560 g/mol. The molecular formula is C25H30Cl2N8O3. The number of hydrogen-bond acceptors (Lipinski definition) is 7. The lowest BCUT2D eigenvalue weighted by Gasteiger charge is -2.33. The number of aromatic nitrogens is 2. The van der Waals surface area contributed by atoms with Crippen molar-refractivity contribution in [3.05, 3.63) is 47.8 Å². The Morgan fingerprint density at radius 3 is 2.63 bits per heavy atom. The number of amides is 2. The Hall–Kier alpha value is -3.83. The summed E-state index contributed by atoms with van der Waals surface area (Å²) in [5.74, 6) is 0.308. The first kappa shape index (κ1) is 28.7. The molecule has 11 nitrogen and oxygen atoms in total. The number of carbonyl (C=O) groups is 2. The van der Waals surface area contributed by atoms with Gasteiger partial charge in [0.15, 0.2) is 12.6 Å². The van der Waals surface area contributed by atoms with E-state index >= 15 is 0 Å². The third-order valence-electron chi connectivity index (χ3n) is 6.35. The van der Waals surface area contributed by atoms with E-state index in [2.05, 4.69) is 31.2 Å². The van der Waals surface area contributed by atoms with Crippen LogP contribution >= 0.6 is 24.8 Å². The number of ether oxygens (including phenoxy) is 1. The predicted octanol–water partition coefficient (Wildman–Crippen LogP) is 3.57. The van der Waals surface area contributed by atoms with Gasteiger partial charge < -0.3 is 31.7 Å². The van der Waals surface area contributed by atoms with E-state index in [1.54, 1.807) is 18.2 Å². The summed E-state index contributed by atoms with van der Waals surface area (Å²) in [6.45, 7) is 1.95. The Bertz CT molecular complexity index is 1370. The molecule has 0 unspecified atom stereocenters. The topological polar surface area (TPSA) is 167 Å². The van der Waals surface area contributed by atoms with Crippen molar-refractivity contribution in [1.82, 2.24) is 15.3 Å². The Balaban J connectivity index is 0.00000200. The van der Waals surface area contributed by atoms with E-state index in [-0.39, 0.29) is 61.2 Å². The molecule has 2 amide bonds. The smallest absolute Gasteiger partial charge is 0.293 e. The summed E-state index contributed by atoms with van der Waals surface area (Å²) < 4.78 is 5.37. The van der Waals surface area contributed by atoms with Gasteiger partial charge >= 0.3 is 0 Å². The van der Waals surface area contributed by atoms with E-state index in [9.17, 15) is 9.59 Å². The fourth-order valence-electron chi connectivity index (χ4n) is 4.65. The maximum atomic E-state index is 13.2. The minimum atomic E-state index is -0.481. The third-order valence-corrected chi connectivity index (χ3v) is 6.35. The highest BCUT2D eigenvalue weighted by Crippen LogP contribution is 2.31. The van der Waals surface area contributed by atoms with Gasteiger partial charge in [-0.25, -0.2) is 9.97 Å². The maximum Gasteiger partial charge on any atom is 0.293 e. The average molecular weight is 561 g/mol. The van der Waals surface area contributed by atoms with Crippen molar-refractivity contribution >= 4 is 70.7 Å². The molecular weight excluding hydrogens is 531 g/mol. The fourth-order valence-corrected chi connectivity index (χ4v) is 4.65. The van der Waals surface area contributed by atoms with Crippen LogP contribution in [0, 0.1) is 12.3 Å². The molecule has 1 aliphatic carbocycles. The number of nitrogens with one attached hydrogen (secondary N) is 5. The van der Waals surface area contributed by atoms with Crippen LogP contribution in [-0.2, 0) is 4.79 Å². The summed E-state index contributed by atoms with van der Waals surface area (Å²) in [6, 6.07) is 10.8. The van der Waals surface area contributed by atoms with Gasteiger partial charge in [-0.3, -0.25) is 15.0 Å². The van der Waals surface area contributed by atoms with Gasteiger partial charge in [0.1, 0.15) is 11.6 Å². The van der Waals surface area contributed by atoms with Crippen LogP contribution in [0.1, 0.15) is 41.9 Å². The van der Waals surface area contributed by atoms with Crippen molar-refractivity contribution in [2.24, 2.45) is 5.73 Å². The van der Waals surface area contributed by atoms with E-state index in [4.69, 9.17) is 15.9 Å². The van der Waals surface area contributed by atoms with Crippen LogP contribution in [0.3, 0.4) is 0 Å². The van der Waals surface area contributed by atoms with Gasteiger partial charge in [-0.15, -0.1) is 24.8 Å². The highest BCUT2D eigenvalue weighted by molar-refractivity contribution is 6.05. The Morgan fingerprint density at radius 1 is 1.11 bits per heavy atom. The first-order valence-electron chi connectivity index (χ1n) is 11.9. The second-order valence-electron chi connectivity index (χ2n) is 9.12. The van der Waals surface area contributed by atoms with E-state index in [0.717, 1.165) is 36.6 Å². The number of nitrogens with zero attached hydrogens (tertiary/aromatic N) is 2. The summed E-state index contributed by atoms with van der Waals surface area (Å²) in [5.41, 5.74) is 8.26. The molecule has 13 heteroatoms. The summed E-state index contributed by atoms with van der Waals surface area (Å²) >= 11 is 0. The normalized spacial score (nSPS) is 18.0. The lowest BCUT2D eigenvalue weighted by molar-refractivity contribution is -0.118. The molecule has 0 saturated heterocycles. The van der Waals surface area contributed by atoms with Crippen molar-refractivity contribution < 1.29 is 14.3 Å².